The van der Waals surface area contributed by atoms with E-state index >= 15 is 0 Å². The van der Waals surface area contributed by atoms with Crippen molar-refractivity contribution in [2.75, 3.05) is 20.3 Å². The Labute approximate surface area is 166 Å². The molecule has 6 nitrogen and oxygen atoms in total. The topological polar surface area (TPSA) is 81.7 Å². The SMILES string of the molecule is COc1ccc(F)cc1C(=O)COC(=O)CNC(=O)c1ccc2ccccc2c1. The number of halogens is 1. The molecule has 1 amide bonds. The molecule has 3 rings (SSSR count). The van der Waals surface area contributed by atoms with Crippen LogP contribution >= 0.6 is 0 Å². The molecule has 0 aliphatic carbocycles. The molecule has 0 aliphatic heterocycles. The third-order valence-corrected chi connectivity index (χ3v) is 4.23. The minimum absolute atomic E-state index is 0.0273. The van der Waals surface area contributed by atoms with Crippen LogP contribution < -0.4 is 10.1 Å². The van der Waals surface area contributed by atoms with Crippen molar-refractivity contribution in [3.05, 3.63) is 77.6 Å². The highest BCUT2D eigenvalue weighted by Crippen LogP contribution is 2.20. The van der Waals surface area contributed by atoms with Crippen LogP contribution in [0.3, 0.4) is 0 Å². The zero-order chi connectivity index (χ0) is 20.8. The Bertz CT molecular complexity index is 1080. The fraction of sp³-hybridized carbons (Fsp3) is 0.136. The third-order valence-electron chi connectivity index (χ3n) is 4.23. The van der Waals surface area contributed by atoms with Gasteiger partial charge in [0.05, 0.1) is 12.7 Å². The van der Waals surface area contributed by atoms with Gasteiger partial charge >= 0.3 is 5.97 Å². The van der Waals surface area contributed by atoms with Crippen molar-refractivity contribution >= 4 is 28.4 Å². The summed E-state index contributed by atoms with van der Waals surface area (Å²) in [4.78, 5) is 36.2. The molecule has 7 heteroatoms. The Morgan fingerprint density at radius 2 is 1.72 bits per heavy atom. The molecule has 0 aromatic heterocycles. The van der Waals surface area contributed by atoms with Gasteiger partial charge in [-0.05, 0) is 41.1 Å². The van der Waals surface area contributed by atoms with Gasteiger partial charge < -0.3 is 14.8 Å². The quantitative estimate of drug-likeness (QED) is 0.491. The maximum absolute atomic E-state index is 13.3. The van der Waals surface area contributed by atoms with Crippen molar-refractivity contribution in [1.29, 1.82) is 0 Å². The van der Waals surface area contributed by atoms with Crippen molar-refractivity contribution in [1.82, 2.24) is 5.32 Å². The molecule has 0 saturated carbocycles. The van der Waals surface area contributed by atoms with Crippen LogP contribution in [0.25, 0.3) is 10.8 Å². The average Bonchev–Trinajstić information content (AvgIpc) is 2.75. The van der Waals surface area contributed by atoms with E-state index in [1.807, 2.05) is 30.3 Å². The summed E-state index contributed by atoms with van der Waals surface area (Å²) in [5.74, 6) is -2.27. The van der Waals surface area contributed by atoms with Crippen LogP contribution in [0.15, 0.2) is 60.7 Å². The zero-order valence-electron chi connectivity index (χ0n) is 15.6. The summed E-state index contributed by atoms with van der Waals surface area (Å²) in [5.41, 5.74) is 0.373. The second-order valence-electron chi connectivity index (χ2n) is 6.17. The largest absolute Gasteiger partial charge is 0.496 e. The number of ether oxygens (including phenoxy) is 2. The number of carbonyl (C=O) groups excluding carboxylic acids is 3. The highest BCUT2D eigenvalue weighted by molar-refractivity contribution is 6.01. The number of nitrogens with one attached hydrogen (secondary N) is 1. The lowest BCUT2D eigenvalue weighted by atomic mass is 10.1. The standard InChI is InChI=1S/C22H18FNO5/c1-28-20-9-8-17(23)11-18(20)19(25)13-29-21(26)12-24-22(27)16-7-6-14-4-2-3-5-15(14)10-16/h2-11H,12-13H2,1H3,(H,24,27). The minimum atomic E-state index is -0.789. The number of fused-ring (bicyclic) bond motifs is 1. The first-order valence-electron chi connectivity index (χ1n) is 8.77. The molecule has 0 unspecified atom stereocenters. The predicted octanol–water partition coefficient (Wildman–Crippen LogP) is 3.14. The van der Waals surface area contributed by atoms with Gasteiger partial charge in [0, 0.05) is 5.56 Å². The van der Waals surface area contributed by atoms with Gasteiger partial charge in [-0.3, -0.25) is 14.4 Å². The maximum Gasteiger partial charge on any atom is 0.325 e. The smallest absolute Gasteiger partial charge is 0.325 e. The average molecular weight is 395 g/mol. The Balaban J connectivity index is 1.53. The number of rotatable bonds is 7. The molecule has 0 aliphatic rings. The molecule has 1 N–H and O–H groups in total. The molecule has 3 aromatic carbocycles. The zero-order valence-corrected chi connectivity index (χ0v) is 15.6. The molecule has 29 heavy (non-hydrogen) atoms. The van der Waals surface area contributed by atoms with Gasteiger partial charge in [0.1, 0.15) is 18.1 Å². The molecule has 0 saturated heterocycles. The Hall–Kier alpha value is -3.74. The summed E-state index contributed by atoms with van der Waals surface area (Å²) < 4.78 is 23.2. The van der Waals surface area contributed by atoms with E-state index < -0.39 is 36.6 Å². The van der Waals surface area contributed by atoms with E-state index in [1.165, 1.54) is 13.2 Å². The van der Waals surface area contributed by atoms with Crippen molar-refractivity contribution < 1.29 is 28.2 Å². The van der Waals surface area contributed by atoms with Crippen LogP contribution in [0, 0.1) is 5.82 Å². The molecule has 148 valence electrons. The summed E-state index contributed by atoms with van der Waals surface area (Å²) >= 11 is 0. The molecule has 0 radical (unpaired) electrons. The second kappa shape index (κ2) is 8.97. The number of hydrogen-bond acceptors (Lipinski definition) is 5. The van der Waals surface area contributed by atoms with Crippen LogP contribution in [-0.4, -0.2) is 37.9 Å². The summed E-state index contributed by atoms with van der Waals surface area (Å²) in [6, 6.07) is 16.2. The number of carbonyl (C=O) groups is 3. The number of esters is 1. The second-order valence-corrected chi connectivity index (χ2v) is 6.17. The number of Topliss-reactive ketones (excluding diaryl/α,β-unsaturated/α-hetero) is 1. The van der Waals surface area contributed by atoms with Crippen molar-refractivity contribution in [2.45, 2.75) is 0 Å². The number of methoxy groups -OCH3 is 1. The van der Waals surface area contributed by atoms with Gasteiger partial charge in [-0.2, -0.15) is 0 Å². The predicted molar refractivity (Wildman–Crippen MR) is 105 cm³/mol. The van der Waals surface area contributed by atoms with Crippen molar-refractivity contribution in [3.8, 4) is 5.75 Å². The summed E-state index contributed by atoms with van der Waals surface area (Å²) in [5, 5.41) is 4.34. The maximum atomic E-state index is 13.3. The lowest BCUT2D eigenvalue weighted by molar-refractivity contribution is -0.141. The molecule has 0 spiro atoms. The third kappa shape index (κ3) is 4.95. The van der Waals surface area contributed by atoms with Crippen LogP contribution in [0.5, 0.6) is 5.75 Å². The Kier molecular flexibility index (Phi) is 6.19. The van der Waals surface area contributed by atoms with Gasteiger partial charge in [0.25, 0.3) is 5.91 Å². The van der Waals surface area contributed by atoms with Gasteiger partial charge in [-0.15, -0.1) is 0 Å². The molecule has 0 bridgehead atoms. The van der Waals surface area contributed by atoms with Crippen LogP contribution in [0.1, 0.15) is 20.7 Å². The summed E-state index contributed by atoms with van der Waals surface area (Å²) in [6.45, 7) is -0.996. The minimum Gasteiger partial charge on any atom is -0.496 e. The normalized spacial score (nSPS) is 10.4. The van der Waals surface area contributed by atoms with Crippen LogP contribution in [-0.2, 0) is 9.53 Å². The van der Waals surface area contributed by atoms with E-state index in [2.05, 4.69) is 5.32 Å². The fourth-order valence-corrected chi connectivity index (χ4v) is 2.76. The van der Waals surface area contributed by atoms with Gasteiger partial charge in [-0.25, -0.2) is 4.39 Å². The van der Waals surface area contributed by atoms with Crippen LogP contribution in [0.4, 0.5) is 4.39 Å². The molecule has 0 fully saturated rings. The fourth-order valence-electron chi connectivity index (χ4n) is 2.76. The first-order valence-corrected chi connectivity index (χ1v) is 8.77. The first kappa shape index (κ1) is 20.0. The Morgan fingerprint density at radius 3 is 2.48 bits per heavy atom. The number of hydrogen-bond donors (Lipinski definition) is 1. The lowest BCUT2D eigenvalue weighted by Crippen LogP contribution is -2.31. The summed E-state index contributed by atoms with van der Waals surface area (Å²) in [7, 11) is 1.35. The van der Waals surface area contributed by atoms with Gasteiger partial charge in [0.15, 0.2) is 6.61 Å². The number of ketones is 1. The monoisotopic (exact) mass is 395 g/mol. The van der Waals surface area contributed by atoms with Gasteiger partial charge in [0.2, 0.25) is 5.78 Å². The van der Waals surface area contributed by atoms with E-state index in [1.54, 1.807) is 12.1 Å². The molecule has 0 atom stereocenters. The van der Waals surface area contributed by atoms with E-state index in [-0.39, 0.29) is 11.3 Å². The number of amides is 1. The van der Waals surface area contributed by atoms with Crippen molar-refractivity contribution in [2.24, 2.45) is 0 Å². The summed E-state index contributed by atoms with van der Waals surface area (Å²) in [6.07, 6.45) is 0. The van der Waals surface area contributed by atoms with Crippen LogP contribution in [0.2, 0.25) is 0 Å². The Morgan fingerprint density at radius 1 is 0.966 bits per heavy atom. The first-order chi connectivity index (χ1) is 14.0. The van der Waals surface area contributed by atoms with Crippen molar-refractivity contribution in [3.63, 3.8) is 0 Å². The van der Waals surface area contributed by atoms with E-state index in [0.29, 0.717) is 5.56 Å². The molecule has 0 heterocycles. The van der Waals surface area contributed by atoms with Gasteiger partial charge in [-0.1, -0.05) is 30.3 Å². The number of benzene rings is 3. The molecular weight excluding hydrogens is 377 g/mol. The lowest BCUT2D eigenvalue weighted by Gasteiger charge is -2.09. The molecule has 3 aromatic rings. The highest BCUT2D eigenvalue weighted by Gasteiger charge is 2.16. The molecular formula is C22H18FNO5. The van der Waals surface area contributed by atoms with E-state index in [4.69, 9.17) is 9.47 Å². The highest BCUT2D eigenvalue weighted by atomic mass is 19.1. The van der Waals surface area contributed by atoms with E-state index in [0.717, 1.165) is 22.9 Å². The van der Waals surface area contributed by atoms with E-state index in [9.17, 15) is 18.8 Å².